The maximum atomic E-state index is 11.1. The third kappa shape index (κ3) is 4.24. The van der Waals surface area contributed by atoms with Crippen molar-refractivity contribution in [2.24, 2.45) is 5.10 Å². The lowest BCUT2D eigenvalue weighted by Gasteiger charge is -2.18. The van der Waals surface area contributed by atoms with Gasteiger partial charge in [-0.3, -0.25) is 10.1 Å². The summed E-state index contributed by atoms with van der Waals surface area (Å²) in [5, 5.41) is 17.8. The van der Waals surface area contributed by atoms with Crippen molar-refractivity contribution in [1.82, 2.24) is 0 Å². The molecule has 1 aromatic heterocycles. The molecule has 148 valence electrons. The Morgan fingerprint density at radius 3 is 2.13 bits per heavy atom. The number of benzene rings is 3. The van der Waals surface area contributed by atoms with Crippen molar-refractivity contribution in [3.63, 3.8) is 0 Å². The molecule has 0 aliphatic rings. The molecule has 0 saturated heterocycles. The van der Waals surface area contributed by atoms with E-state index < -0.39 is 4.92 Å². The topological polar surface area (TPSA) is 71.9 Å². The first-order valence-corrected chi connectivity index (χ1v) is 9.48. The van der Waals surface area contributed by atoms with Gasteiger partial charge in [-0.05, 0) is 42.5 Å². The van der Waals surface area contributed by atoms with Crippen molar-refractivity contribution >= 4 is 34.9 Å². The highest BCUT2D eigenvalue weighted by atomic mass is 35.5. The van der Waals surface area contributed by atoms with Gasteiger partial charge < -0.3 is 4.42 Å². The number of rotatable bonds is 6. The standard InChI is InChI=1S/C23H16ClN3O3/c24-22-13-11-19(27(28)29)15-21(22)23-14-12-20(30-23)16-25-26(17-7-3-1-4-8-17)18-9-5-2-6-10-18/h1-16H. The van der Waals surface area contributed by atoms with E-state index in [2.05, 4.69) is 5.10 Å². The van der Waals surface area contributed by atoms with E-state index in [1.165, 1.54) is 18.2 Å². The molecule has 6 nitrogen and oxygen atoms in total. The van der Waals surface area contributed by atoms with Crippen LogP contribution in [0.2, 0.25) is 5.02 Å². The molecule has 0 atom stereocenters. The summed E-state index contributed by atoms with van der Waals surface area (Å²) in [4.78, 5) is 10.6. The molecule has 0 radical (unpaired) electrons. The summed E-state index contributed by atoms with van der Waals surface area (Å²) in [6.45, 7) is 0. The van der Waals surface area contributed by atoms with Crippen LogP contribution >= 0.6 is 11.6 Å². The van der Waals surface area contributed by atoms with Crippen LogP contribution < -0.4 is 5.01 Å². The molecule has 1 heterocycles. The first-order valence-electron chi connectivity index (χ1n) is 9.10. The van der Waals surface area contributed by atoms with Crippen molar-refractivity contribution in [2.75, 3.05) is 5.01 Å². The van der Waals surface area contributed by atoms with Crippen molar-refractivity contribution in [1.29, 1.82) is 0 Å². The van der Waals surface area contributed by atoms with E-state index in [0.29, 0.717) is 22.1 Å². The molecule has 3 aromatic carbocycles. The van der Waals surface area contributed by atoms with Crippen LogP contribution in [0.25, 0.3) is 11.3 Å². The Bertz CT molecular complexity index is 1150. The molecule has 0 aliphatic heterocycles. The number of nitrogens with zero attached hydrogens (tertiary/aromatic N) is 3. The van der Waals surface area contributed by atoms with Crippen LogP contribution in [0.5, 0.6) is 0 Å². The van der Waals surface area contributed by atoms with E-state index >= 15 is 0 Å². The Kier molecular flexibility index (Phi) is 5.59. The van der Waals surface area contributed by atoms with Gasteiger partial charge >= 0.3 is 0 Å². The number of hydrazone groups is 1. The Hall–Kier alpha value is -3.90. The summed E-state index contributed by atoms with van der Waals surface area (Å²) in [7, 11) is 0. The number of anilines is 2. The second-order valence-electron chi connectivity index (χ2n) is 6.35. The number of nitro benzene ring substituents is 1. The lowest BCUT2D eigenvalue weighted by Crippen LogP contribution is -2.08. The van der Waals surface area contributed by atoms with Crippen molar-refractivity contribution in [3.8, 4) is 11.3 Å². The summed E-state index contributed by atoms with van der Waals surface area (Å²) in [5.41, 5.74) is 2.19. The summed E-state index contributed by atoms with van der Waals surface area (Å²) < 4.78 is 5.82. The zero-order valence-corrected chi connectivity index (χ0v) is 16.4. The molecule has 30 heavy (non-hydrogen) atoms. The summed E-state index contributed by atoms with van der Waals surface area (Å²) >= 11 is 6.21. The maximum Gasteiger partial charge on any atom is 0.270 e. The average Bonchev–Trinajstić information content (AvgIpc) is 3.24. The monoisotopic (exact) mass is 417 g/mol. The first kappa shape index (κ1) is 19.4. The molecule has 0 saturated carbocycles. The third-order valence-corrected chi connectivity index (χ3v) is 4.68. The number of furan rings is 1. The molecular formula is C23H16ClN3O3. The number of hydrogen-bond donors (Lipinski definition) is 0. The fourth-order valence-electron chi connectivity index (χ4n) is 2.92. The van der Waals surface area contributed by atoms with Gasteiger partial charge in [-0.1, -0.05) is 48.0 Å². The van der Waals surface area contributed by atoms with Crippen LogP contribution in [0.1, 0.15) is 5.76 Å². The first-order chi connectivity index (χ1) is 14.6. The Morgan fingerprint density at radius 1 is 0.900 bits per heavy atom. The van der Waals surface area contributed by atoms with Gasteiger partial charge in [0.2, 0.25) is 0 Å². The predicted octanol–water partition coefficient (Wildman–Crippen LogP) is 6.68. The van der Waals surface area contributed by atoms with E-state index in [4.69, 9.17) is 16.0 Å². The zero-order valence-electron chi connectivity index (χ0n) is 15.7. The number of halogens is 1. The smallest absolute Gasteiger partial charge is 0.270 e. The second-order valence-corrected chi connectivity index (χ2v) is 6.76. The highest BCUT2D eigenvalue weighted by Crippen LogP contribution is 2.32. The second kappa shape index (κ2) is 8.63. The van der Waals surface area contributed by atoms with E-state index in [1.807, 2.05) is 60.7 Å². The van der Waals surface area contributed by atoms with E-state index in [9.17, 15) is 10.1 Å². The molecule has 0 amide bonds. The predicted molar refractivity (Wildman–Crippen MR) is 118 cm³/mol. The van der Waals surface area contributed by atoms with Crippen LogP contribution in [-0.4, -0.2) is 11.1 Å². The Morgan fingerprint density at radius 2 is 1.53 bits per heavy atom. The minimum Gasteiger partial charge on any atom is -0.455 e. The van der Waals surface area contributed by atoms with Crippen LogP contribution in [0.15, 0.2) is 101 Å². The molecule has 0 fully saturated rings. The summed E-state index contributed by atoms with van der Waals surface area (Å²) in [5.74, 6) is 0.917. The molecule has 4 aromatic rings. The van der Waals surface area contributed by atoms with E-state index in [1.54, 1.807) is 23.4 Å². The van der Waals surface area contributed by atoms with Gasteiger partial charge in [0, 0.05) is 17.7 Å². The van der Waals surface area contributed by atoms with E-state index in [0.717, 1.165) is 11.4 Å². The van der Waals surface area contributed by atoms with Crippen molar-refractivity contribution < 1.29 is 9.34 Å². The third-order valence-electron chi connectivity index (χ3n) is 4.35. The van der Waals surface area contributed by atoms with Crippen molar-refractivity contribution in [3.05, 3.63) is 112 Å². The fraction of sp³-hybridized carbons (Fsp3) is 0. The minimum absolute atomic E-state index is 0.0552. The van der Waals surface area contributed by atoms with Gasteiger partial charge in [-0.2, -0.15) is 5.10 Å². The van der Waals surface area contributed by atoms with Crippen molar-refractivity contribution in [2.45, 2.75) is 0 Å². The number of hydrogen-bond acceptors (Lipinski definition) is 5. The minimum atomic E-state index is -0.470. The molecular weight excluding hydrogens is 402 g/mol. The lowest BCUT2D eigenvalue weighted by molar-refractivity contribution is -0.384. The lowest BCUT2D eigenvalue weighted by atomic mass is 10.1. The number of non-ortho nitro benzene ring substituents is 1. The Labute approximate surface area is 177 Å². The molecule has 4 rings (SSSR count). The molecule has 0 aliphatic carbocycles. The van der Waals surface area contributed by atoms with Gasteiger partial charge in [0.05, 0.1) is 27.5 Å². The number of nitro groups is 1. The summed E-state index contributed by atoms with van der Waals surface area (Å²) in [6, 6.07) is 27.2. The van der Waals surface area contributed by atoms with Crippen LogP contribution in [0.4, 0.5) is 17.1 Å². The van der Waals surface area contributed by atoms with Crippen LogP contribution in [0.3, 0.4) is 0 Å². The maximum absolute atomic E-state index is 11.1. The quantitative estimate of drug-likeness (QED) is 0.199. The largest absolute Gasteiger partial charge is 0.455 e. The Balaban J connectivity index is 1.65. The van der Waals surface area contributed by atoms with Gasteiger partial charge in [-0.25, -0.2) is 5.01 Å². The fourth-order valence-corrected chi connectivity index (χ4v) is 3.13. The van der Waals surface area contributed by atoms with Gasteiger partial charge in [0.25, 0.3) is 5.69 Å². The van der Waals surface area contributed by atoms with Crippen LogP contribution in [0, 0.1) is 10.1 Å². The highest BCUT2D eigenvalue weighted by molar-refractivity contribution is 6.33. The van der Waals surface area contributed by atoms with Gasteiger partial charge in [-0.15, -0.1) is 0 Å². The van der Waals surface area contributed by atoms with Crippen LogP contribution in [-0.2, 0) is 0 Å². The number of para-hydroxylation sites is 2. The van der Waals surface area contributed by atoms with E-state index in [-0.39, 0.29) is 5.69 Å². The molecule has 0 unspecified atom stereocenters. The SMILES string of the molecule is O=[N+]([O-])c1ccc(Cl)c(-c2ccc(C=NN(c3ccccc3)c3ccccc3)o2)c1. The average molecular weight is 418 g/mol. The van der Waals surface area contributed by atoms with Gasteiger partial charge in [0.1, 0.15) is 11.5 Å². The normalized spacial score (nSPS) is 11.0. The van der Waals surface area contributed by atoms with Gasteiger partial charge in [0.15, 0.2) is 0 Å². The highest BCUT2D eigenvalue weighted by Gasteiger charge is 2.14. The molecule has 0 bridgehead atoms. The zero-order chi connectivity index (χ0) is 20.9. The molecule has 7 heteroatoms. The molecule has 0 spiro atoms. The summed E-state index contributed by atoms with van der Waals surface area (Å²) in [6.07, 6.45) is 1.59. The molecule has 0 N–H and O–H groups in total.